The van der Waals surface area contributed by atoms with Crippen molar-refractivity contribution in [3.05, 3.63) is 27.2 Å². The molecule has 1 rings (SSSR count). The van der Waals surface area contributed by atoms with Crippen LogP contribution in [0.25, 0.3) is 0 Å². The Balaban J connectivity index is 0.000000261. The summed E-state index contributed by atoms with van der Waals surface area (Å²) in [5, 5.41) is 14.8. The lowest BCUT2D eigenvalue weighted by atomic mass is 10.5. The predicted molar refractivity (Wildman–Crippen MR) is 43.9 cm³/mol. The summed E-state index contributed by atoms with van der Waals surface area (Å²) in [6, 6.07) is 0. The van der Waals surface area contributed by atoms with Crippen LogP contribution in [0, 0.1) is 15.3 Å². The Kier molecular flexibility index (Phi) is 4.33. The van der Waals surface area contributed by atoms with Gasteiger partial charge in [0.15, 0.2) is 6.20 Å². The molecular weight excluding hydrogens is 162 g/mol. The van der Waals surface area contributed by atoms with Gasteiger partial charge in [-0.2, -0.15) is 4.90 Å². The van der Waals surface area contributed by atoms with Crippen molar-refractivity contribution in [2.45, 2.75) is 13.8 Å². The fourth-order valence-corrected chi connectivity index (χ4v) is 0.588. The standard InChI is InChI=1S/C6H9N2.NO3/c1-3-8-4-6(2)7-5-8;2-1(3)4/h4H,3H2,1-2H3;/q+1;-1. The fourth-order valence-electron chi connectivity index (χ4n) is 0.588. The number of hydrogen-bond donors (Lipinski definition) is 0. The van der Waals surface area contributed by atoms with Crippen LogP contribution in [0.5, 0.6) is 0 Å². The lowest BCUT2D eigenvalue weighted by molar-refractivity contribution is -0.402. The fraction of sp³-hybridized carbons (Fsp3) is 0.500. The van der Waals surface area contributed by atoms with E-state index in [0.29, 0.717) is 0 Å². The number of allylic oxidation sites excluding steroid dienone is 1. The molecule has 0 aromatic rings. The van der Waals surface area contributed by atoms with E-state index < -0.39 is 5.09 Å². The zero-order valence-electron chi connectivity index (χ0n) is 6.85. The van der Waals surface area contributed by atoms with Gasteiger partial charge in [0, 0.05) is 6.92 Å². The molecule has 0 bridgehead atoms. The summed E-state index contributed by atoms with van der Waals surface area (Å²) in [7, 11) is 0. The molecule has 0 unspecified atom stereocenters. The highest BCUT2D eigenvalue weighted by Crippen LogP contribution is 2.03. The Morgan fingerprint density at radius 3 is 2.42 bits per heavy atom. The van der Waals surface area contributed by atoms with Gasteiger partial charge in [-0.1, -0.05) is 0 Å². The van der Waals surface area contributed by atoms with Gasteiger partial charge >= 0.3 is 0 Å². The van der Waals surface area contributed by atoms with Crippen molar-refractivity contribution in [2.75, 3.05) is 6.54 Å². The van der Waals surface area contributed by atoms with Gasteiger partial charge in [-0.25, -0.2) is 0 Å². The van der Waals surface area contributed by atoms with Gasteiger partial charge in [0.25, 0.3) is 6.34 Å². The van der Waals surface area contributed by atoms with Crippen LogP contribution in [-0.2, 0) is 0 Å². The molecular formula is C6H9N3O3. The van der Waals surface area contributed by atoms with Crippen molar-refractivity contribution in [3.8, 4) is 0 Å². The van der Waals surface area contributed by atoms with E-state index in [2.05, 4.69) is 18.3 Å². The highest BCUT2D eigenvalue weighted by atomic mass is 16.9. The topological polar surface area (TPSA) is 81.8 Å². The predicted octanol–water partition coefficient (Wildman–Crippen LogP) is 0.849. The molecule has 0 saturated heterocycles. The maximum Gasteiger partial charge on any atom is 0.255 e. The molecule has 0 spiro atoms. The SMILES string of the molecule is CCN1[C+]=NC(C)=C1.O=[N+]([O-])[O-]. The first-order chi connectivity index (χ1) is 5.56. The minimum absolute atomic E-state index is 0.959. The lowest BCUT2D eigenvalue weighted by Gasteiger charge is -1.91. The Morgan fingerprint density at radius 2 is 2.25 bits per heavy atom. The van der Waals surface area contributed by atoms with E-state index in [9.17, 15) is 0 Å². The summed E-state index contributed by atoms with van der Waals surface area (Å²) in [5.74, 6) is 0. The smallest absolute Gasteiger partial charge is 0.255 e. The van der Waals surface area contributed by atoms with Crippen LogP contribution < -0.4 is 0 Å². The van der Waals surface area contributed by atoms with E-state index in [1.807, 2.05) is 18.0 Å². The Morgan fingerprint density at radius 1 is 1.75 bits per heavy atom. The maximum atomic E-state index is 8.25. The zero-order valence-corrected chi connectivity index (χ0v) is 6.85. The van der Waals surface area contributed by atoms with Gasteiger partial charge in [-0.3, -0.25) is 0 Å². The second-order valence-electron chi connectivity index (χ2n) is 1.99. The van der Waals surface area contributed by atoms with Crippen LogP contribution in [0.2, 0.25) is 0 Å². The van der Waals surface area contributed by atoms with Gasteiger partial charge < -0.3 is 15.3 Å². The van der Waals surface area contributed by atoms with E-state index in [-0.39, 0.29) is 0 Å². The van der Waals surface area contributed by atoms with Crippen LogP contribution in [-0.4, -0.2) is 22.9 Å². The van der Waals surface area contributed by atoms with Gasteiger partial charge in [0.1, 0.15) is 0 Å². The van der Waals surface area contributed by atoms with Crippen LogP contribution in [0.4, 0.5) is 0 Å². The lowest BCUT2D eigenvalue weighted by Crippen LogP contribution is -2.09. The quantitative estimate of drug-likeness (QED) is 0.332. The molecule has 1 heterocycles. The molecule has 0 aliphatic carbocycles. The van der Waals surface area contributed by atoms with Crippen molar-refractivity contribution in [3.63, 3.8) is 0 Å². The second kappa shape index (κ2) is 5.03. The van der Waals surface area contributed by atoms with Crippen LogP contribution in [0.1, 0.15) is 13.8 Å². The minimum Gasteiger partial charge on any atom is -0.356 e. The molecule has 0 saturated carbocycles. The number of rotatable bonds is 1. The molecule has 0 aromatic heterocycles. The summed E-state index contributed by atoms with van der Waals surface area (Å²) in [5.41, 5.74) is 1.03. The normalized spacial score (nSPS) is 12.8. The molecule has 1 aliphatic heterocycles. The Hall–Kier alpha value is -1.68. The first kappa shape index (κ1) is 10.3. The minimum atomic E-state index is -1.75. The summed E-state index contributed by atoms with van der Waals surface area (Å²) >= 11 is 0. The van der Waals surface area contributed by atoms with Crippen LogP contribution >= 0.6 is 0 Å². The van der Waals surface area contributed by atoms with Gasteiger partial charge in [-0.15, -0.1) is 0 Å². The second-order valence-corrected chi connectivity index (χ2v) is 1.99. The van der Waals surface area contributed by atoms with E-state index >= 15 is 0 Å². The molecule has 0 N–H and O–H groups in total. The molecule has 0 fully saturated rings. The molecule has 0 aromatic carbocycles. The summed E-state index contributed by atoms with van der Waals surface area (Å²) in [6.45, 7) is 4.99. The van der Waals surface area contributed by atoms with Gasteiger partial charge in [0.2, 0.25) is 5.70 Å². The van der Waals surface area contributed by atoms with Crippen molar-refractivity contribution in [2.24, 2.45) is 4.99 Å². The third kappa shape index (κ3) is 5.13. The zero-order chi connectivity index (χ0) is 9.56. The molecule has 1 aliphatic rings. The van der Waals surface area contributed by atoms with Crippen molar-refractivity contribution in [1.82, 2.24) is 4.90 Å². The molecule has 0 radical (unpaired) electrons. The first-order valence-electron chi connectivity index (χ1n) is 3.29. The Labute approximate surface area is 69.9 Å². The molecule has 0 atom stereocenters. The van der Waals surface area contributed by atoms with Crippen LogP contribution in [0.3, 0.4) is 0 Å². The molecule has 66 valence electrons. The largest absolute Gasteiger partial charge is 0.356 e. The molecule has 12 heavy (non-hydrogen) atoms. The summed E-state index contributed by atoms with van der Waals surface area (Å²) in [4.78, 5) is 14.1. The molecule has 6 nitrogen and oxygen atoms in total. The number of hydrogen-bond acceptors (Lipinski definition) is 5. The number of nitrogens with zero attached hydrogens (tertiary/aromatic N) is 3. The average Bonchev–Trinajstić information content (AvgIpc) is 2.34. The first-order valence-corrected chi connectivity index (χ1v) is 3.29. The van der Waals surface area contributed by atoms with Crippen molar-refractivity contribution in [1.29, 1.82) is 0 Å². The summed E-state index contributed by atoms with van der Waals surface area (Å²) in [6.07, 6.45) is 4.79. The van der Waals surface area contributed by atoms with E-state index in [1.54, 1.807) is 0 Å². The third-order valence-electron chi connectivity index (χ3n) is 1.04. The number of aliphatic imine (C=N–C) groups is 1. The highest BCUT2D eigenvalue weighted by molar-refractivity contribution is 5.61. The van der Waals surface area contributed by atoms with Crippen molar-refractivity contribution >= 4 is 6.34 Å². The third-order valence-corrected chi connectivity index (χ3v) is 1.04. The monoisotopic (exact) mass is 171 g/mol. The maximum absolute atomic E-state index is 8.25. The van der Waals surface area contributed by atoms with E-state index in [0.717, 1.165) is 12.2 Å². The molecule has 0 amide bonds. The summed E-state index contributed by atoms with van der Waals surface area (Å²) < 4.78 is 0. The van der Waals surface area contributed by atoms with Gasteiger partial charge in [-0.05, 0) is 11.9 Å². The van der Waals surface area contributed by atoms with Gasteiger partial charge in [0.05, 0.1) is 11.6 Å². The Bertz CT molecular complexity index is 208. The van der Waals surface area contributed by atoms with E-state index in [4.69, 9.17) is 15.3 Å². The average molecular weight is 171 g/mol. The van der Waals surface area contributed by atoms with E-state index in [1.165, 1.54) is 0 Å². The van der Waals surface area contributed by atoms with Crippen LogP contribution in [0.15, 0.2) is 16.9 Å². The van der Waals surface area contributed by atoms with Crippen molar-refractivity contribution < 1.29 is 5.09 Å². The molecule has 6 heteroatoms. The highest BCUT2D eigenvalue weighted by Gasteiger charge is 2.11.